The Bertz CT molecular complexity index is 735. The Morgan fingerprint density at radius 1 is 0.857 bits per heavy atom. The minimum Gasteiger partial charge on any atom is -1.00 e. The standard InChI is InChI=1S/C21H27NO4Si.ClH/c1-27(2,3)22-19(21(24)26-16-18-12-8-5-9-13-18)14-20(23)25-15-17-10-6-4-7-11-17;/h4-13,19,22H,14-16H2,1-3H3;1H/t19-;/m0./s1. The minimum absolute atomic E-state index is 0. The topological polar surface area (TPSA) is 69.2 Å². The van der Waals surface area contributed by atoms with E-state index >= 15 is 0 Å². The van der Waals surface area contributed by atoms with Crippen LogP contribution in [0.5, 0.6) is 0 Å². The lowest BCUT2D eigenvalue weighted by Gasteiger charge is -2.21. The molecular formula is C21H28ClNO4Si. The highest BCUT2D eigenvalue weighted by Gasteiger charge is 2.33. The second kappa shape index (κ2) is 11.6. The molecule has 0 spiro atoms. The monoisotopic (exact) mass is 421 g/mol. The number of esters is 2. The molecule has 5 nitrogen and oxygen atoms in total. The molecule has 152 valence electrons. The van der Waals surface area contributed by atoms with Crippen molar-refractivity contribution >= 4 is 20.2 Å². The highest BCUT2D eigenvalue weighted by atomic mass is 35.5. The van der Waals surface area contributed by atoms with Gasteiger partial charge in [-0.15, -0.1) is 0 Å². The van der Waals surface area contributed by atoms with Crippen LogP contribution in [0.15, 0.2) is 60.7 Å². The lowest BCUT2D eigenvalue weighted by Crippen LogP contribution is -3.03. The van der Waals surface area contributed by atoms with Gasteiger partial charge < -0.3 is 26.9 Å². The summed E-state index contributed by atoms with van der Waals surface area (Å²) >= 11 is 0. The number of hydrogen-bond donors (Lipinski definition) is 1. The molecule has 0 aliphatic carbocycles. The van der Waals surface area contributed by atoms with E-state index in [9.17, 15) is 9.59 Å². The van der Waals surface area contributed by atoms with Crippen LogP contribution < -0.4 is 17.4 Å². The second-order valence-electron chi connectivity index (χ2n) is 7.58. The van der Waals surface area contributed by atoms with Gasteiger partial charge in [0.1, 0.15) is 19.6 Å². The van der Waals surface area contributed by atoms with E-state index in [4.69, 9.17) is 9.47 Å². The Labute approximate surface area is 173 Å². The molecule has 0 aliphatic heterocycles. The summed E-state index contributed by atoms with van der Waals surface area (Å²) in [4.78, 5) is 26.8. The Kier molecular flexibility index (Phi) is 9.93. The average molecular weight is 422 g/mol. The van der Waals surface area contributed by atoms with E-state index in [0.717, 1.165) is 11.1 Å². The molecule has 28 heavy (non-hydrogen) atoms. The van der Waals surface area contributed by atoms with Crippen LogP contribution in [0, 0.1) is 0 Å². The maximum absolute atomic E-state index is 12.6. The van der Waals surface area contributed by atoms with E-state index in [1.54, 1.807) is 0 Å². The van der Waals surface area contributed by atoms with Crippen LogP contribution in [0.3, 0.4) is 0 Å². The second-order valence-corrected chi connectivity index (χ2v) is 12.6. The van der Waals surface area contributed by atoms with Gasteiger partial charge in [-0.1, -0.05) is 60.7 Å². The summed E-state index contributed by atoms with van der Waals surface area (Å²) in [5.41, 5.74) is 1.84. The zero-order chi connectivity index (χ0) is 19.7. The van der Waals surface area contributed by atoms with Crippen molar-refractivity contribution in [2.45, 2.75) is 45.3 Å². The lowest BCUT2D eigenvalue weighted by atomic mass is 10.2. The number of carbonyl (C=O) groups is 2. The van der Waals surface area contributed by atoms with Gasteiger partial charge in [0.25, 0.3) is 8.24 Å². The molecule has 2 N–H and O–H groups in total. The van der Waals surface area contributed by atoms with E-state index in [-0.39, 0.29) is 38.0 Å². The number of ether oxygens (including phenoxy) is 2. The maximum atomic E-state index is 12.6. The van der Waals surface area contributed by atoms with Gasteiger partial charge in [0.05, 0.1) is 0 Å². The van der Waals surface area contributed by atoms with Gasteiger partial charge in [-0.25, -0.2) is 4.79 Å². The first-order valence-corrected chi connectivity index (χ1v) is 12.7. The largest absolute Gasteiger partial charge is 1.00 e. The smallest absolute Gasteiger partial charge is 0.364 e. The molecule has 0 radical (unpaired) electrons. The Hall–Kier alpha value is -2.15. The Morgan fingerprint density at radius 2 is 1.32 bits per heavy atom. The zero-order valence-electron chi connectivity index (χ0n) is 16.6. The number of nitrogens with two attached hydrogens (primary N) is 1. The lowest BCUT2D eigenvalue weighted by molar-refractivity contribution is -0.559. The molecule has 0 aliphatic rings. The van der Waals surface area contributed by atoms with Crippen molar-refractivity contribution in [1.82, 2.24) is 0 Å². The molecule has 2 rings (SSSR count). The third-order valence-electron chi connectivity index (χ3n) is 3.86. The molecule has 0 saturated heterocycles. The molecule has 2 aromatic carbocycles. The van der Waals surface area contributed by atoms with Crippen molar-refractivity contribution in [2.75, 3.05) is 0 Å². The molecule has 0 unspecified atom stereocenters. The van der Waals surface area contributed by atoms with Crippen molar-refractivity contribution in [1.29, 1.82) is 0 Å². The third kappa shape index (κ3) is 9.17. The molecule has 0 amide bonds. The number of hydrogen-bond acceptors (Lipinski definition) is 4. The fraction of sp³-hybridized carbons (Fsp3) is 0.333. The Balaban J connectivity index is 0.00000392. The van der Waals surface area contributed by atoms with E-state index in [2.05, 4.69) is 19.6 Å². The summed E-state index contributed by atoms with van der Waals surface area (Å²) in [6.07, 6.45) is 0.00469. The van der Waals surface area contributed by atoms with Gasteiger partial charge in [0.15, 0.2) is 6.04 Å². The number of carbonyl (C=O) groups excluding carboxylic acids is 2. The fourth-order valence-electron chi connectivity index (χ4n) is 2.63. The summed E-state index contributed by atoms with van der Waals surface area (Å²) in [6, 6.07) is 18.4. The highest BCUT2D eigenvalue weighted by molar-refractivity contribution is 6.67. The minimum atomic E-state index is -1.68. The number of halogens is 1. The van der Waals surface area contributed by atoms with Crippen LogP contribution in [-0.4, -0.2) is 26.2 Å². The summed E-state index contributed by atoms with van der Waals surface area (Å²) in [5, 5.41) is 0. The third-order valence-corrected chi connectivity index (χ3v) is 5.26. The van der Waals surface area contributed by atoms with Crippen LogP contribution in [0.4, 0.5) is 0 Å². The first-order chi connectivity index (χ1) is 12.8. The molecule has 0 heterocycles. The number of rotatable bonds is 9. The average Bonchev–Trinajstić information content (AvgIpc) is 2.64. The molecule has 0 bridgehead atoms. The molecule has 1 atom stereocenters. The van der Waals surface area contributed by atoms with Crippen molar-refractivity contribution in [3.05, 3.63) is 71.8 Å². The van der Waals surface area contributed by atoms with Crippen LogP contribution in [0.1, 0.15) is 17.5 Å². The molecule has 2 aromatic rings. The van der Waals surface area contributed by atoms with E-state index < -0.39 is 20.2 Å². The van der Waals surface area contributed by atoms with Gasteiger partial charge in [0, 0.05) is 0 Å². The predicted octanol–water partition coefficient (Wildman–Crippen LogP) is -0.366. The normalized spacial score (nSPS) is 11.8. The summed E-state index contributed by atoms with van der Waals surface area (Å²) in [5.74, 6) is -0.770. The van der Waals surface area contributed by atoms with Crippen molar-refractivity contribution in [3.63, 3.8) is 0 Å². The van der Waals surface area contributed by atoms with Crippen LogP contribution in [0.2, 0.25) is 19.6 Å². The Morgan fingerprint density at radius 3 is 1.79 bits per heavy atom. The first-order valence-electron chi connectivity index (χ1n) is 9.09. The van der Waals surface area contributed by atoms with Gasteiger partial charge in [0.2, 0.25) is 0 Å². The van der Waals surface area contributed by atoms with Gasteiger partial charge >= 0.3 is 11.9 Å². The summed E-state index contributed by atoms with van der Waals surface area (Å²) in [7, 11) is -1.68. The van der Waals surface area contributed by atoms with Gasteiger partial charge in [-0.05, 0) is 30.8 Å². The molecule has 0 aromatic heterocycles. The number of quaternary nitrogens is 1. The van der Waals surface area contributed by atoms with E-state index in [1.807, 2.05) is 65.6 Å². The van der Waals surface area contributed by atoms with Crippen molar-refractivity contribution < 1.29 is 36.5 Å². The molecule has 0 saturated carbocycles. The van der Waals surface area contributed by atoms with Crippen LogP contribution in [-0.2, 0) is 32.3 Å². The summed E-state index contributed by atoms with van der Waals surface area (Å²) < 4.78 is 10.8. The molecular weight excluding hydrogens is 394 g/mol. The van der Waals surface area contributed by atoms with Crippen molar-refractivity contribution in [3.8, 4) is 0 Å². The van der Waals surface area contributed by atoms with E-state index in [0.29, 0.717) is 0 Å². The predicted molar refractivity (Wildman–Crippen MR) is 106 cm³/mol. The van der Waals surface area contributed by atoms with Crippen molar-refractivity contribution in [2.24, 2.45) is 0 Å². The van der Waals surface area contributed by atoms with Crippen LogP contribution >= 0.6 is 0 Å². The SMILES string of the molecule is C[Si](C)(C)[NH2+][C@@H](CC(=O)OCc1ccccc1)C(=O)OCc1ccccc1.[Cl-]. The maximum Gasteiger partial charge on any atom is 0.364 e. The van der Waals surface area contributed by atoms with Crippen LogP contribution in [0.25, 0.3) is 0 Å². The number of benzene rings is 2. The van der Waals surface area contributed by atoms with Gasteiger partial charge in [-0.2, -0.15) is 0 Å². The molecule has 7 heteroatoms. The fourth-order valence-corrected chi connectivity index (χ4v) is 4.09. The summed E-state index contributed by atoms with van der Waals surface area (Å²) in [6.45, 7) is 6.78. The zero-order valence-corrected chi connectivity index (χ0v) is 18.3. The highest BCUT2D eigenvalue weighted by Crippen LogP contribution is 2.06. The van der Waals surface area contributed by atoms with E-state index in [1.165, 1.54) is 0 Å². The van der Waals surface area contributed by atoms with Gasteiger partial charge in [-0.3, -0.25) is 4.79 Å². The first kappa shape index (κ1) is 23.9. The molecule has 0 fully saturated rings. The quantitative estimate of drug-likeness (QED) is 0.443.